The van der Waals surface area contributed by atoms with E-state index in [9.17, 15) is 8.42 Å². The predicted octanol–water partition coefficient (Wildman–Crippen LogP) is 1.10. The van der Waals surface area contributed by atoms with Crippen molar-refractivity contribution in [3.63, 3.8) is 0 Å². The minimum absolute atomic E-state index is 0.0792. The number of nitrogens with one attached hydrogen (secondary N) is 2. The van der Waals surface area contributed by atoms with Crippen LogP contribution in [0.25, 0.3) is 0 Å². The molecule has 0 bridgehead atoms. The molecule has 0 aliphatic heterocycles. The molecule has 2 N–H and O–H groups in total. The Balaban J connectivity index is 3.20. The van der Waals surface area contributed by atoms with E-state index in [1.807, 2.05) is 27.7 Å². The summed E-state index contributed by atoms with van der Waals surface area (Å²) < 4.78 is 26.6. The Bertz CT molecular complexity index is 522. The topological polar surface area (TPSA) is 78.1 Å². The SMILES string of the molecule is CNCc1c(S(=O)(=O)N(C)C(C)C(C)C)n[nH]c1C. The van der Waals surface area contributed by atoms with Crippen LogP contribution in [0.3, 0.4) is 0 Å². The summed E-state index contributed by atoms with van der Waals surface area (Å²) in [6, 6.07) is -0.0792. The zero-order chi connectivity index (χ0) is 14.8. The highest BCUT2D eigenvalue weighted by atomic mass is 32.2. The molecule has 6 nitrogen and oxygen atoms in total. The van der Waals surface area contributed by atoms with Gasteiger partial charge in [0.25, 0.3) is 10.0 Å². The molecule has 0 spiro atoms. The Morgan fingerprint density at radius 1 is 1.37 bits per heavy atom. The molecule has 1 atom stereocenters. The summed E-state index contributed by atoms with van der Waals surface area (Å²) in [4.78, 5) is 0. The van der Waals surface area contributed by atoms with Gasteiger partial charge >= 0.3 is 0 Å². The van der Waals surface area contributed by atoms with Crippen LogP contribution in [0.2, 0.25) is 0 Å². The van der Waals surface area contributed by atoms with Crippen molar-refractivity contribution in [3.8, 4) is 0 Å². The molecule has 0 radical (unpaired) electrons. The molecule has 1 rings (SSSR count). The van der Waals surface area contributed by atoms with E-state index in [-0.39, 0.29) is 17.0 Å². The van der Waals surface area contributed by atoms with Gasteiger partial charge in [-0.3, -0.25) is 5.10 Å². The standard InChI is InChI=1S/C12H24N4O2S/c1-8(2)10(4)16(6)19(17,18)12-11(7-13-5)9(3)14-15-12/h8,10,13H,7H2,1-6H3,(H,14,15). The minimum atomic E-state index is -3.56. The van der Waals surface area contributed by atoms with Gasteiger partial charge < -0.3 is 5.32 Å². The van der Waals surface area contributed by atoms with E-state index in [1.165, 1.54) is 4.31 Å². The number of rotatable bonds is 6. The molecule has 110 valence electrons. The number of H-pyrrole nitrogens is 1. The summed E-state index contributed by atoms with van der Waals surface area (Å²) in [5.74, 6) is 0.243. The number of nitrogens with zero attached hydrogens (tertiary/aromatic N) is 2. The summed E-state index contributed by atoms with van der Waals surface area (Å²) in [6.07, 6.45) is 0. The van der Waals surface area contributed by atoms with Crippen LogP contribution in [0.5, 0.6) is 0 Å². The van der Waals surface area contributed by atoms with Crippen LogP contribution in [0, 0.1) is 12.8 Å². The van der Waals surface area contributed by atoms with Gasteiger partial charge in [-0.05, 0) is 26.8 Å². The second-order valence-corrected chi connectivity index (χ2v) is 7.08. The van der Waals surface area contributed by atoms with Crippen molar-refractivity contribution in [3.05, 3.63) is 11.3 Å². The van der Waals surface area contributed by atoms with Gasteiger partial charge in [-0.1, -0.05) is 13.8 Å². The second-order valence-electron chi connectivity index (χ2n) is 5.17. The van der Waals surface area contributed by atoms with Crippen molar-refractivity contribution in [1.29, 1.82) is 0 Å². The molecule has 1 unspecified atom stereocenters. The fourth-order valence-electron chi connectivity index (χ4n) is 1.80. The summed E-state index contributed by atoms with van der Waals surface area (Å²) >= 11 is 0. The molecular formula is C12H24N4O2S. The molecule has 0 aromatic carbocycles. The normalized spacial score (nSPS) is 14.3. The molecule has 0 aliphatic rings. The molecule has 7 heteroatoms. The van der Waals surface area contributed by atoms with E-state index >= 15 is 0 Å². The third kappa shape index (κ3) is 3.16. The smallest absolute Gasteiger partial charge is 0.262 e. The highest BCUT2D eigenvalue weighted by Crippen LogP contribution is 2.22. The van der Waals surface area contributed by atoms with Gasteiger partial charge in [0.2, 0.25) is 0 Å². The lowest BCUT2D eigenvalue weighted by Gasteiger charge is -2.26. The molecular weight excluding hydrogens is 264 g/mol. The van der Waals surface area contributed by atoms with Gasteiger partial charge in [-0.25, -0.2) is 8.42 Å². The number of hydrogen-bond acceptors (Lipinski definition) is 4. The summed E-state index contributed by atoms with van der Waals surface area (Å²) in [7, 11) is -0.179. The first-order valence-electron chi connectivity index (χ1n) is 6.40. The molecule has 1 heterocycles. The Morgan fingerprint density at radius 3 is 2.42 bits per heavy atom. The van der Waals surface area contributed by atoms with E-state index in [0.717, 1.165) is 5.69 Å². The third-order valence-corrected chi connectivity index (χ3v) is 5.47. The van der Waals surface area contributed by atoms with Crippen molar-refractivity contribution in [2.45, 2.75) is 45.3 Å². The number of aromatic amines is 1. The van der Waals surface area contributed by atoms with Crippen molar-refractivity contribution >= 4 is 10.0 Å². The van der Waals surface area contributed by atoms with Crippen LogP contribution in [-0.2, 0) is 16.6 Å². The van der Waals surface area contributed by atoms with Crippen LogP contribution >= 0.6 is 0 Å². The monoisotopic (exact) mass is 288 g/mol. The van der Waals surface area contributed by atoms with Crippen LogP contribution in [0.15, 0.2) is 5.03 Å². The predicted molar refractivity (Wildman–Crippen MR) is 75.3 cm³/mol. The average Bonchev–Trinajstić information content (AvgIpc) is 2.70. The summed E-state index contributed by atoms with van der Waals surface area (Å²) in [5, 5.41) is 9.82. The maximum absolute atomic E-state index is 12.6. The Hall–Kier alpha value is -0.920. The second kappa shape index (κ2) is 6.02. The molecule has 1 aromatic rings. The summed E-state index contributed by atoms with van der Waals surface area (Å²) in [5.41, 5.74) is 1.48. The lowest BCUT2D eigenvalue weighted by Crippen LogP contribution is -2.38. The zero-order valence-corrected chi connectivity index (χ0v) is 13.3. The molecule has 0 saturated heterocycles. The number of hydrogen-bond donors (Lipinski definition) is 2. The quantitative estimate of drug-likeness (QED) is 0.822. The highest BCUT2D eigenvalue weighted by Gasteiger charge is 2.31. The molecule has 0 aliphatic carbocycles. The van der Waals surface area contributed by atoms with Gasteiger partial charge in [0.15, 0.2) is 5.03 Å². The lowest BCUT2D eigenvalue weighted by molar-refractivity contribution is 0.314. The molecule has 19 heavy (non-hydrogen) atoms. The lowest BCUT2D eigenvalue weighted by atomic mass is 10.1. The molecule has 0 amide bonds. The van der Waals surface area contributed by atoms with E-state index in [1.54, 1.807) is 14.1 Å². The maximum Gasteiger partial charge on any atom is 0.262 e. The van der Waals surface area contributed by atoms with Crippen molar-refractivity contribution in [1.82, 2.24) is 19.8 Å². The van der Waals surface area contributed by atoms with Crippen molar-refractivity contribution in [2.24, 2.45) is 5.92 Å². The minimum Gasteiger partial charge on any atom is -0.316 e. The van der Waals surface area contributed by atoms with E-state index < -0.39 is 10.0 Å². The van der Waals surface area contributed by atoms with Crippen LogP contribution in [-0.4, -0.2) is 43.1 Å². The first-order valence-corrected chi connectivity index (χ1v) is 7.84. The van der Waals surface area contributed by atoms with Gasteiger partial charge in [0.1, 0.15) is 0 Å². The van der Waals surface area contributed by atoms with Gasteiger partial charge in [0, 0.05) is 30.9 Å². The first-order chi connectivity index (χ1) is 8.73. The number of sulfonamides is 1. The van der Waals surface area contributed by atoms with E-state index in [0.29, 0.717) is 12.1 Å². The Labute approximate surface area is 115 Å². The maximum atomic E-state index is 12.6. The zero-order valence-electron chi connectivity index (χ0n) is 12.5. The fraction of sp³-hybridized carbons (Fsp3) is 0.750. The van der Waals surface area contributed by atoms with Gasteiger partial charge in [0.05, 0.1) is 0 Å². The van der Waals surface area contributed by atoms with E-state index in [2.05, 4.69) is 15.5 Å². The molecule has 0 saturated carbocycles. The number of aromatic nitrogens is 2. The largest absolute Gasteiger partial charge is 0.316 e. The van der Waals surface area contributed by atoms with Crippen molar-refractivity contribution in [2.75, 3.05) is 14.1 Å². The molecule has 1 aromatic heterocycles. The van der Waals surface area contributed by atoms with Crippen LogP contribution < -0.4 is 5.32 Å². The van der Waals surface area contributed by atoms with Crippen molar-refractivity contribution < 1.29 is 8.42 Å². The Kier molecular flexibility index (Phi) is 5.11. The molecule has 0 fully saturated rings. The van der Waals surface area contributed by atoms with Crippen LogP contribution in [0.1, 0.15) is 32.0 Å². The van der Waals surface area contributed by atoms with Gasteiger partial charge in [-0.15, -0.1) is 0 Å². The fourth-order valence-corrected chi connectivity index (χ4v) is 3.46. The van der Waals surface area contributed by atoms with Crippen LogP contribution in [0.4, 0.5) is 0 Å². The van der Waals surface area contributed by atoms with E-state index in [4.69, 9.17) is 0 Å². The average molecular weight is 288 g/mol. The van der Waals surface area contributed by atoms with Gasteiger partial charge in [-0.2, -0.15) is 9.40 Å². The summed E-state index contributed by atoms with van der Waals surface area (Å²) in [6.45, 7) is 8.20. The Morgan fingerprint density at radius 2 is 1.95 bits per heavy atom. The highest BCUT2D eigenvalue weighted by molar-refractivity contribution is 7.89. The number of aryl methyl sites for hydroxylation is 1. The first kappa shape index (κ1) is 16.1. The third-order valence-electron chi connectivity index (χ3n) is 3.55.